The number of phenolic OH excluding ortho intramolecular Hbond substituents is 1. The van der Waals surface area contributed by atoms with Crippen molar-refractivity contribution in [2.75, 3.05) is 7.11 Å². The molecule has 0 aliphatic heterocycles. The fourth-order valence-corrected chi connectivity index (χ4v) is 2.98. The van der Waals surface area contributed by atoms with Crippen LogP contribution in [-0.2, 0) is 6.42 Å². The lowest BCUT2D eigenvalue weighted by Crippen LogP contribution is -2.04. The first kappa shape index (κ1) is 17.1. The lowest BCUT2D eigenvalue weighted by Gasteiger charge is -2.11. The molecule has 0 spiro atoms. The standard InChI is InChI=1S/C21H22O4/c1-3-4-5-6-14-7-10-17(20(11-14)24-2)18-12-15-8-9-16(22)13-19(15)25-21(18)23/h7-13,22H,3-6H2,1-2H3. The summed E-state index contributed by atoms with van der Waals surface area (Å²) >= 11 is 0. The fraction of sp³-hybridized carbons (Fsp3) is 0.286. The first-order valence-electron chi connectivity index (χ1n) is 8.56. The molecule has 0 unspecified atom stereocenters. The van der Waals surface area contributed by atoms with Crippen LogP contribution in [0.1, 0.15) is 31.7 Å². The third-order valence-electron chi connectivity index (χ3n) is 4.34. The van der Waals surface area contributed by atoms with Crippen molar-refractivity contribution in [1.29, 1.82) is 0 Å². The lowest BCUT2D eigenvalue weighted by molar-refractivity contribution is 0.415. The van der Waals surface area contributed by atoms with E-state index in [0.29, 0.717) is 22.5 Å². The number of unbranched alkanes of at least 4 members (excludes halogenated alkanes) is 2. The maximum Gasteiger partial charge on any atom is 0.344 e. The molecule has 25 heavy (non-hydrogen) atoms. The summed E-state index contributed by atoms with van der Waals surface area (Å²) in [6.45, 7) is 2.18. The summed E-state index contributed by atoms with van der Waals surface area (Å²) in [5.41, 5.74) is 2.28. The molecule has 0 fully saturated rings. The molecule has 2 aromatic carbocycles. The van der Waals surface area contributed by atoms with Gasteiger partial charge in [-0.3, -0.25) is 0 Å². The van der Waals surface area contributed by atoms with E-state index in [2.05, 4.69) is 6.92 Å². The second kappa shape index (κ2) is 7.43. The van der Waals surface area contributed by atoms with E-state index in [1.807, 2.05) is 18.2 Å². The van der Waals surface area contributed by atoms with Gasteiger partial charge in [0, 0.05) is 17.0 Å². The minimum absolute atomic E-state index is 0.0670. The number of fused-ring (bicyclic) bond motifs is 1. The van der Waals surface area contributed by atoms with Crippen molar-refractivity contribution in [3.05, 3.63) is 58.4 Å². The molecule has 0 radical (unpaired) electrons. The van der Waals surface area contributed by atoms with Gasteiger partial charge in [0.1, 0.15) is 17.1 Å². The third kappa shape index (κ3) is 3.68. The predicted molar refractivity (Wildman–Crippen MR) is 99.4 cm³/mol. The number of aryl methyl sites for hydroxylation is 1. The largest absolute Gasteiger partial charge is 0.508 e. The Labute approximate surface area is 146 Å². The van der Waals surface area contributed by atoms with Crippen LogP contribution in [0, 0.1) is 0 Å². The zero-order valence-corrected chi connectivity index (χ0v) is 14.5. The summed E-state index contributed by atoms with van der Waals surface area (Å²) in [6, 6.07) is 12.4. The maximum absolute atomic E-state index is 12.4. The van der Waals surface area contributed by atoms with Gasteiger partial charge in [-0.2, -0.15) is 0 Å². The van der Waals surface area contributed by atoms with E-state index in [1.54, 1.807) is 25.3 Å². The Morgan fingerprint density at radius 1 is 1.04 bits per heavy atom. The molecule has 0 atom stereocenters. The zero-order valence-electron chi connectivity index (χ0n) is 14.5. The molecule has 0 saturated carbocycles. The van der Waals surface area contributed by atoms with E-state index in [-0.39, 0.29) is 5.75 Å². The van der Waals surface area contributed by atoms with Crippen LogP contribution in [-0.4, -0.2) is 12.2 Å². The summed E-state index contributed by atoms with van der Waals surface area (Å²) < 4.78 is 10.9. The lowest BCUT2D eigenvalue weighted by atomic mass is 10.00. The van der Waals surface area contributed by atoms with Crippen molar-refractivity contribution in [2.24, 2.45) is 0 Å². The van der Waals surface area contributed by atoms with Gasteiger partial charge in [-0.1, -0.05) is 31.9 Å². The van der Waals surface area contributed by atoms with Crippen molar-refractivity contribution in [3.8, 4) is 22.6 Å². The van der Waals surface area contributed by atoms with Gasteiger partial charge in [-0.25, -0.2) is 4.79 Å². The van der Waals surface area contributed by atoms with Crippen molar-refractivity contribution < 1.29 is 14.3 Å². The molecule has 4 heteroatoms. The Kier molecular flexibility index (Phi) is 5.08. The van der Waals surface area contributed by atoms with Gasteiger partial charge in [0.25, 0.3) is 0 Å². The fourth-order valence-electron chi connectivity index (χ4n) is 2.98. The summed E-state index contributed by atoms with van der Waals surface area (Å²) in [4.78, 5) is 12.4. The number of benzene rings is 2. The first-order chi connectivity index (χ1) is 12.1. The van der Waals surface area contributed by atoms with E-state index in [4.69, 9.17) is 9.15 Å². The van der Waals surface area contributed by atoms with E-state index >= 15 is 0 Å². The van der Waals surface area contributed by atoms with Gasteiger partial charge in [0.15, 0.2) is 0 Å². The van der Waals surface area contributed by atoms with E-state index in [1.165, 1.54) is 24.5 Å². The van der Waals surface area contributed by atoms with Crippen LogP contribution < -0.4 is 10.4 Å². The molecular formula is C21H22O4. The molecule has 3 aromatic rings. The van der Waals surface area contributed by atoms with Gasteiger partial charge >= 0.3 is 5.63 Å². The van der Waals surface area contributed by atoms with Crippen molar-refractivity contribution in [1.82, 2.24) is 0 Å². The molecule has 0 aliphatic carbocycles. The molecule has 130 valence electrons. The molecular weight excluding hydrogens is 316 g/mol. The zero-order chi connectivity index (χ0) is 17.8. The number of rotatable bonds is 6. The number of ether oxygens (including phenoxy) is 1. The van der Waals surface area contributed by atoms with E-state index in [9.17, 15) is 9.90 Å². The molecule has 0 saturated heterocycles. The Morgan fingerprint density at radius 3 is 2.64 bits per heavy atom. The van der Waals surface area contributed by atoms with Crippen molar-refractivity contribution >= 4 is 11.0 Å². The minimum atomic E-state index is -0.449. The van der Waals surface area contributed by atoms with Crippen LogP contribution in [0.15, 0.2) is 51.7 Å². The summed E-state index contributed by atoms with van der Waals surface area (Å²) in [5, 5.41) is 10.3. The SMILES string of the molecule is CCCCCc1ccc(-c2cc3ccc(O)cc3oc2=O)c(OC)c1. The summed E-state index contributed by atoms with van der Waals surface area (Å²) in [7, 11) is 1.61. The van der Waals surface area contributed by atoms with Gasteiger partial charge in [-0.05, 0) is 42.7 Å². The Balaban J connectivity index is 2.03. The number of hydrogen-bond donors (Lipinski definition) is 1. The maximum atomic E-state index is 12.4. The molecule has 0 amide bonds. The predicted octanol–water partition coefficient (Wildman–Crippen LogP) is 4.91. The highest BCUT2D eigenvalue weighted by Crippen LogP contribution is 2.31. The Bertz CT molecular complexity index is 940. The highest BCUT2D eigenvalue weighted by Gasteiger charge is 2.13. The number of aromatic hydroxyl groups is 1. The number of hydrogen-bond acceptors (Lipinski definition) is 4. The second-order valence-corrected chi connectivity index (χ2v) is 6.16. The van der Waals surface area contributed by atoms with Crippen molar-refractivity contribution in [2.45, 2.75) is 32.6 Å². The van der Waals surface area contributed by atoms with E-state index in [0.717, 1.165) is 18.2 Å². The van der Waals surface area contributed by atoms with E-state index < -0.39 is 5.63 Å². The molecule has 3 rings (SSSR count). The van der Waals surface area contributed by atoms with Gasteiger partial charge in [-0.15, -0.1) is 0 Å². The quantitative estimate of drug-likeness (QED) is 0.512. The Morgan fingerprint density at radius 2 is 1.88 bits per heavy atom. The smallest absolute Gasteiger partial charge is 0.344 e. The van der Waals surface area contributed by atoms with Crippen LogP contribution in [0.25, 0.3) is 22.1 Å². The average Bonchev–Trinajstić information content (AvgIpc) is 2.61. The molecule has 1 aromatic heterocycles. The van der Waals surface area contributed by atoms with Crippen LogP contribution in [0.2, 0.25) is 0 Å². The highest BCUT2D eigenvalue weighted by molar-refractivity contribution is 5.84. The van der Waals surface area contributed by atoms with Crippen LogP contribution >= 0.6 is 0 Å². The topological polar surface area (TPSA) is 59.7 Å². The second-order valence-electron chi connectivity index (χ2n) is 6.16. The molecule has 1 N–H and O–H groups in total. The minimum Gasteiger partial charge on any atom is -0.508 e. The third-order valence-corrected chi connectivity index (χ3v) is 4.34. The summed E-state index contributed by atoms with van der Waals surface area (Å²) in [6.07, 6.45) is 4.52. The van der Waals surface area contributed by atoms with Crippen LogP contribution in [0.5, 0.6) is 11.5 Å². The van der Waals surface area contributed by atoms with Gasteiger partial charge in [0.2, 0.25) is 0 Å². The number of phenols is 1. The van der Waals surface area contributed by atoms with Gasteiger partial charge < -0.3 is 14.3 Å². The molecule has 0 bridgehead atoms. The Hall–Kier alpha value is -2.75. The highest BCUT2D eigenvalue weighted by atomic mass is 16.5. The normalized spacial score (nSPS) is 11.0. The van der Waals surface area contributed by atoms with Gasteiger partial charge in [0.05, 0.1) is 12.7 Å². The van der Waals surface area contributed by atoms with Crippen molar-refractivity contribution in [3.63, 3.8) is 0 Å². The molecule has 1 heterocycles. The van der Waals surface area contributed by atoms with Crippen LogP contribution in [0.3, 0.4) is 0 Å². The first-order valence-corrected chi connectivity index (χ1v) is 8.56. The monoisotopic (exact) mass is 338 g/mol. The average molecular weight is 338 g/mol. The summed E-state index contributed by atoms with van der Waals surface area (Å²) in [5.74, 6) is 0.733. The van der Waals surface area contributed by atoms with Crippen LogP contribution in [0.4, 0.5) is 0 Å². The molecule has 0 aliphatic rings. The molecule has 4 nitrogen and oxygen atoms in total. The number of methoxy groups -OCH3 is 1.